The number of rotatable bonds is 3. The Balaban J connectivity index is 1.88. The van der Waals surface area contributed by atoms with Gasteiger partial charge >= 0.3 is 0 Å². The van der Waals surface area contributed by atoms with Gasteiger partial charge in [0, 0.05) is 7.05 Å². The van der Waals surface area contributed by atoms with Crippen LogP contribution in [0, 0.1) is 11.3 Å². The van der Waals surface area contributed by atoms with Gasteiger partial charge in [0.1, 0.15) is 17.5 Å². The molecule has 5 nitrogen and oxygen atoms in total. The highest BCUT2D eigenvalue weighted by Crippen LogP contribution is 2.48. The molecular weight excluding hydrogens is 252 g/mol. The van der Waals surface area contributed by atoms with Crippen LogP contribution in [-0.4, -0.2) is 15.7 Å². The van der Waals surface area contributed by atoms with Crippen molar-refractivity contribution < 1.29 is 4.79 Å². The molecule has 0 aliphatic heterocycles. The minimum atomic E-state index is -0.446. The topological polar surface area (TPSA) is 70.7 Å². The monoisotopic (exact) mass is 266 g/mol. The van der Waals surface area contributed by atoms with E-state index in [0.717, 1.165) is 18.4 Å². The van der Waals surface area contributed by atoms with E-state index >= 15 is 0 Å². The normalized spacial score (nSPS) is 15.4. The van der Waals surface area contributed by atoms with Crippen LogP contribution >= 0.6 is 0 Å². The molecule has 5 heteroatoms. The van der Waals surface area contributed by atoms with Crippen LogP contribution in [-0.2, 0) is 17.3 Å². The molecule has 1 amide bonds. The third-order valence-corrected chi connectivity index (χ3v) is 3.80. The minimum Gasteiger partial charge on any atom is -0.309 e. The molecule has 1 aliphatic rings. The number of carbonyl (C=O) groups is 1. The quantitative estimate of drug-likeness (QED) is 0.923. The number of hydrogen-bond acceptors (Lipinski definition) is 3. The zero-order chi connectivity index (χ0) is 14.2. The smallest absolute Gasteiger partial charge is 0.236 e. The number of hydrogen-bond donors (Lipinski definition) is 1. The number of amides is 1. The molecule has 0 atom stereocenters. The zero-order valence-corrected chi connectivity index (χ0v) is 11.1. The fourth-order valence-electron chi connectivity index (χ4n) is 2.42. The van der Waals surface area contributed by atoms with Gasteiger partial charge in [0.25, 0.3) is 0 Å². The van der Waals surface area contributed by atoms with Gasteiger partial charge in [-0.15, -0.1) is 0 Å². The van der Waals surface area contributed by atoms with E-state index < -0.39 is 5.41 Å². The zero-order valence-electron chi connectivity index (χ0n) is 11.1. The molecule has 0 unspecified atom stereocenters. The Hall–Kier alpha value is -2.61. The van der Waals surface area contributed by atoms with Crippen molar-refractivity contribution in [2.24, 2.45) is 7.05 Å². The Morgan fingerprint density at radius 2 is 2.10 bits per heavy atom. The van der Waals surface area contributed by atoms with E-state index in [2.05, 4.69) is 10.4 Å². The van der Waals surface area contributed by atoms with Gasteiger partial charge in [0.15, 0.2) is 0 Å². The molecule has 20 heavy (non-hydrogen) atoms. The number of aromatic nitrogens is 2. The molecule has 1 aromatic carbocycles. The van der Waals surface area contributed by atoms with Gasteiger partial charge in [-0.2, -0.15) is 10.4 Å². The first-order valence-corrected chi connectivity index (χ1v) is 6.46. The van der Waals surface area contributed by atoms with Crippen molar-refractivity contribution in [1.82, 2.24) is 9.78 Å². The third kappa shape index (κ3) is 1.86. The van der Waals surface area contributed by atoms with Crippen LogP contribution in [0.2, 0.25) is 0 Å². The Kier molecular flexibility index (Phi) is 2.79. The molecule has 100 valence electrons. The van der Waals surface area contributed by atoms with Gasteiger partial charge in [-0.1, -0.05) is 30.3 Å². The molecule has 0 radical (unpaired) electrons. The number of anilines is 1. The van der Waals surface area contributed by atoms with Crippen LogP contribution in [0.15, 0.2) is 36.5 Å². The van der Waals surface area contributed by atoms with E-state index in [4.69, 9.17) is 5.26 Å². The summed E-state index contributed by atoms with van der Waals surface area (Å²) in [4.78, 5) is 12.6. The molecule has 2 aromatic rings. The molecule has 1 aromatic heterocycles. The lowest BCUT2D eigenvalue weighted by molar-refractivity contribution is -0.118. The van der Waals surface area contributed by atoms with Gasteiger partial charge < -0.3 is 5.32 Å². The van der Waals surface area contributed by atoms with Crippen molar-refractivity contribution in [1.29, 1.82) is 5.26 Å². The first-order valence-electron chi connectivity index (χ1n) is 6.46. The first-order chi connectivity index (χ1) is 9.67. The highest BCUT2D eigenvalue weighted by atomic mass is 16.2. The van der Waals surface area contributed by atoms with Crippen LogP contribution < -0.4 is 5.32 Å². The van der Waals surface area contributed by atoms with E-state index in [9.17, 15) is 4.79 Å². The summed E-state index contributed by atoms with van der Waals surface area (Å²) in [5.74, 6) is 0.392. The van der Waals surface area contributed by atoms with Crippen LogP contribution in [0.4, 0.5) is 5.82 Å². The van der Waals surface area contributed by atoms with Gasteiger partial charge in [0.2, 0.25) is 5.91 Å². The summed E-state index contributed by atoms with van der Waals surface area (Å²) in [6.07, 6.45) is 3.13. The fraction of sp³-hybridized carbons (Fsp3) is 0.267. The molecule has 1 fully saturated rings. The van der Waals surface area contributed by atoms with E-state index in [-0.39, 0.29) is 5.91 Å². The lowest BCUT2D eigenvalue weighted by Gasteiger charge is -2.15. The Morgan fingerprint density at radius 3 is 2.70 bits per heavy atom. The third-order valence-electron chi connectivity index (χ3n) is 3.80. The Morgan fingerprint density at radius 1 is 1.40 bits per heavy atom. The highest BCUT2D eigenvalue weighted by Gasteiger charge is 2.51. The molecule has 1 aliphatic carbocycles. The van der Waals surface area contributed by atoms with E-state index in [1.165, 1.54) is 10.9 Å². The minimum absolute atomic E-state index is 0.0659. The average molecular weight is 266 g/mol. The van der Waals surface area contributed by atoms with Crippen molar-refractivity contribution in [3.63, 3.8) is 0 Å². The number of nitrogens with zero attached hydrogens (tertiary/aromatic N) is 3. The van der Waals surface area contributed by atoms with Crippen molar-refractivity contribution >= 4 is 11.7 Å². The summed E-state index contributed by atoms with van der Waals surface area (Å²) in [5.41, 5.74) is 0.959. The molecular formula is C15H14N4O. The number of benzene rings is 1. The van der Waals surface area contributed by atoms with Crippen molar-refractivity contribution in [2.75, 3.05) is 5.32 Å². The summed E-state index contributed by atoms with van der Waals surface area (Å²) in [7, 11) is 1.71. The number of carbonyl (C=O) groups excluding carboxylic acids is 1. The summed E-state index contributed by atoms with van der Waals surface area (Å²) in [6, 6.07) is 11.8. The maximum absolute atomic E-state index is 12.6. The van der Waals surface area contributed by atoms with Crippen LogP contribution in [0.5, 0.6) is 0 Å². The molecule has 1 saturated carbocycles. The largest absolute Gasteiger partial charge is 0.309 e. The van der Waals surface area contributed by atoms with Crippen molar-refractivity contribution in [3.05, 3.63) is 47.7 Å². The van der Waals surface area contributed by atoms with Crippen LogP contribution in [0.25, 0.3) is 0 Å². The lowest BCUT2D eigenvalue weighted by Crippen LogP contribution is -2.29. The predicted molar refractivity (Wildman–Crippen MR) is 73.9 cm³/mol. The van der Waals surface area contributed by atoms with E-state index in [0.29, 0.717) is 11.4 Å². The van der Waals surface area contributed by atoms with Crippen LogP contribution in [0.1, 0.15) is 24.0 Å². The standard InChI is InChI=1S/C15H14N4O/c1-19-13(11(9-16)10-17-19)18-14(20)15(7-8-15)12-5-3-2-4-6-12/h2-6,10H,7-8H2,1H3,(H,18,20). The summed E-state index contributed by atoms with van der Waals surface area (Å²) < 4.78 is 1.51. The van der Waals surface area contributed by atoms with Crippen molar-refractivity contribution in [2.45, 2.75) is 18.3 Å². The van der Waals surface area contributed by atoms with Gasteiger partial charge in [-0.25, -0.2) is 0 Å². The maximum atomic E-state index is 12.6. The van der Waals surface area contributed by atoms with E-state index in [1.54, 1.807) is 7.05 Å². The Labute approximate surface area is 116 Å². The predicted octanol–water partition coefficient (Wildman–Crippen LogP) is 1.96. The number of nitrogens with one attached hydrogen (secondary N) is 1. The molecule has 0 spiro atoms. The average Bonchev–Trinajstić information content (AvgIpc) is 3.22. The Bertz CT molecular complexity index is 692. The van der Waals surface area contributed by atoms with Gasteiger partial charge in [-0.05, 0) is 18.4 Å². The molecule has 0 saturated heterocycles. The molecule has 3 rings (SSSR count). The van der Waals surface area contributed by atoms with Crippen LogP contribution in [0.3, 0.4) is 0 Å². The lowest BCUT2D eigenvalue weighted by atomic mass is 9.95. The fourth-order valence-corrected chi connectivity index (χ4v) is 2.42. The summed E-state index contributed by atoms with van der Waals surface area (Å²) in [6.45, 7) is 0. The second-order valence-corrected chi connectivity index (χ2v) is 5.04. The molecule has 1 N–H and O–H groups in total. The second-order valence-electron chi connectivity index (χ2n) is 5.04. The van der Waals surface area contributed by atoms with Gasteiger partial charge in [-0.3, -0.25) is 9.48 Å². The van der Waals surface area contributed by atoms with Crippen molar-refractivity contribution in [3.8, 4) is 6.07 Å². The van der Waals surface area contributed by atoms with Gasteiger partial charge in [0.05, 0.1) is 11.6 Å². The summed E-state index contributed by atoms with van der Waals surface area (Å²) in [5, 5.41) is 15.9. The molecule has 1 heterocycles. The number of nitriles is 1. The SMILES string of the molecule is Cn1ncc(C#N)c1NC(=O)C1(c2ccccc2)CC1. The maximum Gasteiger partial charge on any atom is 0.236 e. The second kappa shape index (κ2) is 4.49. The number of aryl methyl sites for hydroxylation is 1. The first kappa shape index (κ1) is 12.4. The summed E-state index contributed by atoms with van der Waals surface area (Å²) >= 11 is 0. The molecule has 0 bridgehead atoms. The van der Waals surface area contributed by atoms with E-state index in [1.807, 2.05) is 36.4 Å². The highest BCUT2D eigenvalue weighted by molar-refractivity contribution is 6.01.